The number of nitrogens with zero attached hydrogens (tertiary/aromatic N) is 2. The number of aliphatic hydroxyl groups is 1. The predicted octanol–water partition coefficient (Wildman–Crippen LogP) is 1.59. The van der Waals surface area contributed by atoms with Gasteiger partial charge in [-0.2, -0.15) is 0 Å². The van der Waals surface area contributed by atoms with Crippen LogP contribution in [0.4, 0.5) is 0 Å². The Bertz CT molecular complexity index is 397. The normalized spacial score (nSPS) is 20.3. The number of hydrogen-bond acceptors (Lipinski definition) is 4. The van der Waals surface area contributed by atoms with Crippen LogP contribution in [0.2, 0.25) is 0 Å². The first-order valence-electron chi connectivity index (χ1n) is 7.92. The van der Waals surface area contributed by atoms with Gasteiger partial charge in [-0.05, 0) is 19.4 Å². The Balaban J connectivity index is 1.89. The average molecular weight is 292 g/mol. The van der Waals surface area contributed by atoms with Crippen molar-refractivity contribution >= 4 is 0 Å². The van der Waals surface area contributed by atoms with Gasteiger partial charge >= 0.3 is 0 Å². The van der Waals surface area contributed by atoms with Gasteiger partial charge in [-0.15, -0.1) is 0 Å². The lowest BCUT2D eigenvalue weighted by Gasteiger charge is -2.37. The summed E-state index contributed by atoms with van der Waals surface area (Å²) in [6.45, 7) is 9.89. The van der Waals surface area contributed by atoms with E-state index < -0.39 is 0 Å². The van der Waals surface area contributed by atoms with Crippen LogP contribution in [-0.2, 0) is 11.3 Å². The second-order valence-electron chi connectivity index (χ2n) is 6.03. The highest BCUT2D eigenvalue weighted by atomic mass is 16.5. The van der Waals surface area contributed by atoms with Gasteiger partial charge in [0.05, 0.1) is 19.3 Å². The molecule has 0 saturated carbocycles. The summed E-state index contributed by atoms with van der Waals surface area (Å²) in [7, 11) is 0. The molecule has 1 saturated heterocycles. The van der Waals surface area contributed by atoms with E-state index in [1.165, 1.54) is 5.56 Å². The van der Waals surface area contributed by atoms with Crippen molar-refractivity contribution in [2.75, 3.05) is 39.4 Å². The molecule has 0 radical (unpaired) electrons. The van der Waals surface area contributed by atoms with Gasteiger partial charge in [0, 0.05) is 38.8 Å². The first-order chi connectivity index (χ1) is 10.2. The van der Waals surface area contributed by atoms with Crippen LogP contribution in [-0.4, -0.2) is 66.4 Å². The van der Waals surface area contributed by atoms with E-state index in [9.17, 15) is 5.11 Å². The summed E-state index contributed by atoms with van der Waals surface area (Å²) < 4.78 is 5.91. The molecule has 1 unspecified atom stereocenters. The Labute approximate surface area is 128 Å². The van der Waals surface area contributed by atoms with Crippen LogP contribution >= 0.6 is 0 Å². The van der Waals surface area contributed by atoms with E-state index in [1.54, 1.807) is 0 Å². The van der Waals surface area contributed by atoms with Crippen molar-refractivity contribution in [3.63, 3.8) is 0 Å². The van der Waals surface area contributed by atoms with E-state index >= 15 is 0 Å². The molecule has 1 N–H and O–H groups in total. The van der Waals surface area contributed by atoms with Crippen molar-refractivity contribution in [2.45, 2.75) is 32.5 Å². The van der Waals surface area contributed by atoms with Crippen molar-refractivity contribution in [3.8, 4) is 0 Å². The zero-order chi connectivity index (χ0) is 15.1. The molecule has 1 aromatic rings. The van der Waals surface area contributed by atoms with E-state index in [1.807, 2.05) is 6.07 Å². The molecule has 1 fully saturated rings. The minimum Gasteiger partial charge on any atom is -0.395 e. The largest absolute Gasteiger partial charge is 0.395 e. The summed E-state index contributed by atoms with van der Waals surface area (Å²) in [5.41, 5.74) is 1.28. The Kier molecular flexibility index (Phi) is 6.64. The third-order valence-electron chi connectivity index (χ3n) is 4.03. The minimum atomic E-state index is 0.188. The molecule has 0 aromatic heterocycles. The molecule has 1 atom stereocenters. The van der Waals surface area contributed by atoms with Crippen LogP contribution < -0.4 is 0 Å². The zero-order valence-electron chi connectivity index (χ0n) is 13.2. The van der Waals surface area contributed by atoms with Crippen molar-refractivity contribution in [1.82, 2.24) is 9.80 Å². The average Bonchev–Trinajstić information content (AvgIpc) is 2.49. The van der Waals surface area contributed by atoms with E-state index in [0.29, 0.717) is 12.6 Å². The van der Waals surface area contributed by atoms with Gasteiger partial charge in [0.1, 0.15) is 0 Å². The Morgan fingerprint density at radius 1 is 1.33 bits per heavy atom. The molecule has 0 amide bonds. The van der Waals surface area contributed by atoms with E-state index in [4.69, 9.17) is 4.74 Å². The minimum absolute atomic E-state index is 0.188. The molecule has 0 spiro atoms. The van der Waals surface area contributed by atoms with Gasteiger partial charge in [0.2, 0.25) is 0 Å². The topological polar surface area (TPSA) is 35.9 Å². The summed E-state index contributed by atoms with van der Waals surface area (Å²) in [6, 6.07) is 11.0. The first-order valence-corrected chi connectivity index (χ1v) is 7.92. The predicted molar refractivity (Wildman–Crippen MR) is 85.3 cm³/mol. The van der Waals surface area contributed by atoms with Gasteiger partial charge in [-0.3, -0.25) is 9.80 Å². The molecule has 0 bridgehead atoms. The fourth-order valence-corrected chi connectivity index (χ4v) is 2.83. The monoisotopic (exact) mass is 292 g/mol. The van der Waals surface area contributed by atoms with Crippen molar-refractivity contribution in [3.05, 3.63) is 35.9 Å². The highest BCUT2D eigenvalue weighted by molar-refractivity contribution is 5.14. The summed E-state index contributed by atoms with van der Waals surface area (Å²) in [6.07, 6.45) is 0.233. The second-order valence-corrected chi connectivity index (χ2v) is 6.03. The van der Waals surface area contributed by atoms with Crippen molar-refractivity contribution in [1.29, 1.82) is 0 Å². The molecule has 21 heavy (non-hydrogen) atoms. The van der Waals surface area contributed by atoms with Gasteiger partial charge in [-0.25, -0.2) is 0 Å². The third-order valence-corrected chi connectivity index (χ3v) is 4.03. The number of hydrogen-bond donors (Lipinski definition) is 1. The maximum Gasteiger partial charge on any atom is 0.0829 e. The molecule has 1 heterocycles. The molecule has 4 nitrogen and oxygen atoms in total. The summed E-state index contributed by atoms with van der Waals surface area (Å²) in [5.74, 6) is 0. The molecular weight excluding hydrogens is 264 g/mol. The smallest absolute Gasteiger partial charge is 0.0829 e. The SMILES string of the molecule is CC(C)N1CCOC(CN(CCO)Cc2ccccc2)C1. The Morgan fingerprint density at radius 2 is 2.10 bits per heavy atom. The quantitative estimate of drug-likeness (QED) is 0.828. The van der Waals surface area contributed by atoms with E-state index in [2.05, 4.69) is 47.9 Å². The van der Waals surface area contributed by atoms with Gasteiger partial charge in [-0.1, -0.05) is 30.3 Å². The summed E-state index contributed by atoms with van der Waals surface area (Å²) in [4.78, 5) is 4.75. The van der Waals surface area contributed by atoms with E-state index in [-0.39, 0.29) is 12.7 Å². The molecule has 0 aliphatic carbocycles. The molecule has 118 valence electrons. The fraction of sp³-hybridized carbons (Fsp3) is 0.647. The van der Waals surface area contributed by atoms with Crippen LogP contribution in [0, 0.1) is 0 Å². The Hall–Kier alpha value is -0.940. The molecule has 1 aliphatic rings. The van der Waals surface area contributed by atoms with Crippen LogP contribution in [0.3, 0.4) is 0 Å². The van der Waals surface area contributed by atoms with Crippen LogP contribution in [0.15, 0.2) is 30.3 Å². The Morgan fingerprint density at radius 3 is 2.76 bits per heavy atom. The number of ether oxygens (including phenoxy) is 1. The third kappa shape index (κ3) is 5.40. The lowest BCUT2D eigenvalue weighted by Crippen LogP contribution is -2.50. The molecule has 1 aromatic carbocycles. The molecule has 2 rings (SSSR count). The lowest BCUT2D eigenvalue weighted by atomic mass is 10.1. The van der Waals surface area contributed by atoms with Gasteiger partial charge in [0.25, 0.3) is 0 Å². The molecular formula is C17H28N2O2. The highest BCUT2D eigenvalue weighted by Gasteiger charge is 2.24. The van der Waals surface area contributed by atoms with Crippen LogP contribution in [0.5, 0.6) is 0 Å². The number of morpholine rings is 1. The highest BCUT2D eigenvalue weighted by Crippen LogP contribution is 2.12. The first kappa shape index (κ1) is 16.4. The standard InChI is InChI=1S/C17H28N2O2/c1-15(2)19-9-11-21-17(14-19)13-18(8-10-20)12-16-6-4-3-5-7-16/h3-7,15,17,20H,8-14H2,1-2H3. The fourth-order valence-electron chi connectivity index (χ4n) is 2.83. The number of aliphatic hydroxyl groups excluding tert-OH is 1. The van der Waals surface area contributed by atoms with Crippen LogP contribution in [0.25, 0.3) is 0 Å². The maximum absolute atomic E-state index is 9.29. The van der Waals surface area contributed by atoms with Gasteiger partial charge in [0.15, 0.2) is 0 Å². The van der Waals surface area contributed by atoms with E-state index in [0.717, 1.165) is 32.8 Å². The number of rotatable bonds is 7. The molecule has 1 aliphatic heterocycles. The zero-order valence-corrected chi connectivity index (χ0v) is 13.2. The van der Waals surface area contributed by atoms with Crippen molar-refractivity contribution < 1.29 is 9.84 Å². The summed E-state index contributed by atoms with van der Waals surface area (Å²) >= 11 is 0. The second kappa shape index (κ2) is 8.49. The number of benzene rings is 1. The summed E-state index contributed by atoms with van der Waals surface area (Å²) in [5, 5.41) is 9.29. The lowest BCUT2D eigenvalue weighted by molar-refractivity contribution is -0.0542. The molecule has 4 heteroatoms. The van der Waals surface area contributed by atoms with Gasteiger partial charge < -0.3 is 9.84 Å². The van der Waals surface area contributed by atoms with Crippen LogP contribution in [0.1, 0.15) is 19.4 Å². The maximum atomic E-state index is 9.29. The van der Waals surface area contributed by atoms with Crippen molar-refractivity contribution in [2.24, 2.45) is 0 Å².